The van der Waals surface area contributed by atoms with Gasteiger partial charge in [0, 0.05) is 0 Å². The van der Waals surface area contributed by atoms with Crippen LogP contribution in [0.15, 0.2) is 18.2 Å². The van der Waals surface area contributed by atoms with Gasteiger partial charge < -0.3 is 5.11 Å². The van der Waals surface area contributed by atoms with Crippen LogP contribution in [-0.4, -0.2) is 13.5 Å². The Kier molecular flexibility index (Phi) is 3.99. The van der Waals surface area contributed by atoms with Crippen molar-refractivity contribution in [2.24, 2.45) is 17.0 Å². The third-order valence-electron chi connectivity index (χ3n) is 3.90. The summed E-state index contributed by atoms with van der Waals surface area (Å²) >= 11 is 0. The number of aliphatic hydroxyl groups excluding tert-OH is 1. The monoisotopic (exact) mass is 283 g/mol. The maximum Gasteiger partial charge on any atom is 0.213 e. The predicted octanol–water partition coefficient (Wildman–Crippen LogP) is 1.73. The maximum atomic E-state index is 11.1. The molecule has 1 aliphatic rings. The standard InChI is InChI=1S/C14H21NO3S/c1-9(2)12-6-4-11-7-10(8-19(15,17)18)3-5-13(11)14(12)16/h3,5,7,9,12,14,16H,4,6,8H2,1-2H3,(H2,15,17,18). The van der Waals surface area contributed by atoms with Gasteiger partial charge in [-0.3, -0.25) is 0 Å². The fourth-order valence-electron chi connectivity index (χ4n) is 2.89. The highest BCUT2D eigenvalue weighted by Gasteiger charge is 2.30. The van der Waals surface area contributed by atoms with E-state index in [1.807, 2.05) is 12.1 Å². The lowest BCUT2D eigenvalue weighted by atomic mass is 9.76. The first-order chi connectivity index (χ1) is 8.78. The van der Waals surface area contributed by atoms with Crippen LogP contribution in [0.5, 0.6) is 0 Å². The number of sulfonamides is 1. The molecule has 5 heteroatoms. The van der Waals surface area contributed by atoms with E-state index in [9.17, 15) is 13.5 Å². The minimum Gasteiger partial charge on any atom is -0.388 e. The number of primary sulfonamides is 1. The summed E-state index contributed by atoms with van der Waals surface area (Å²) < 4.78 is 22.2. The van der Waals surface area contributed by atoms with Crippen molar-refractivity contribution in [1.82, 2.24) is 0 Å². The van der Waals surface area contributed by atoms with E-state index in [-0.39, 0.29) is 11.7 Å². The molecule has 0 spiro atoms. The van der Waals surface area contributed by atoms with E-state index in [1.165, 1.54) is 0 Å². The van der Waals surface area contributed by atoms with Crippen LogP contribution in [0.4, 0.5) is 0 Å². The molecule has 0 heterocycles. The van der Waals surface area contributed by atoms with Crippen LogP contribution < -0.4 is 5.14 Å². The van der Waals surface area contributed by atoms with Crippen LogP contribution in [0.3, 0.4) is 0 Å². The van der Waals surface area contributed by atoms with Gasteiger partial charge in [-0.25, -0.2) is 13.6 Å². The van der Waals surface area contributed by atoms with Crippen molar-refractivity contribution in [2.45, 2.75) is 38.5 Å². The second-order valence-corrected chi connectivity index (χ2v) is 7.35. The molecule has 2 atom stereocenters. The van der Waals surface area contributed by atoms with Gasteiger partial charge in [-0.2, -0.15) is 0 Å². The highest BCUT2D eigenvalue weighted by Crippen LogP contribution is 2.38. The van der Waals surface area contributed by atoms with Crippen molar-refractivity contribution in [2.75, 3.05) is 0 Å². The number of fused-ring (bicyclic) bond motifs is 1. The summed E-state index contributed by atoms with van der Waals surface area (Å²) in [5.74, 6) is 0.563. The lowest BCUT2D eigenvalue weighted by Gasteiger charge is -2.33. The molecule has 2 rings (SSSR count). The Balaban J connectivity index is 2.29. The highest BCUT2D eigenvalue weighted by molar-refractivity contribution is 7.88. The zero-order valence-electron chi connectivity index (χ0n) is 11.3. The van der Waals surface area contributed by atoms with E-state index in [2.05, 4.69) is 13.8 Å². The zero-order chi connectivity index (χ0) is 14.2. The molecule has 0 aromatic heterocycles. The van der Waals surface area contributed by atoms with E-state index in [4.69, 9.17) is 5.14 Å². The highest BCUT2D eigenvalue weighted by atomic mass is 32.2. The lowest BCUT2D eigenvalue weighted by molar-refractivity contribution is 0.0670. The fraction of sp³-hybridized carbons (Fsp3) is 0.571. The van der Waals surface area contributed by atoms with Crippen LogP contribution in [-0.2, 0) is 22.2 Å². The number of aliphatic hydroxyl groups is 1. The molecule has 2 unspecified atom stereocenters. The van der Waals surface area contributed by atoms with E-state index in [1.54, 1.807) is 6.07 Å². The van der Waals surface area contributed by atoms with Gasteiger partial charge in [0.15, 0.2) is 0 Å². The predicted molar refractivity (Wildman–Crippen MR) is 74.9 cm³/mol. The summed E-state index contributed by atoms with van der Waals surface area (Å²) in [5, 5.41) is 15.4. The molecule has 4 nitrogen and oxygen atoms in total. The maximum absolute atomic E-state index is 11.1. The molecule has 0 saturated heterocycles. The molecule has 1 aliphatic carbocycles. The number of rotatable bonds is 3. The number of benzene rings is 1. The smallest absolute Gasteiger partial charge is 0.213 e. The molecule has 0 amide bonds. The first-order valence-electron chi connectivity index (χ1n) is 6.58. The van der Waals surface area contributed by atoms with Gasteiger partial charge in [-0.1, -0.05) is 32.0 Å². The summed E-state index contributed by atoms with van der Waals surface area (Å²) in [6.07, 6.45) is 1.37. The first-order valence-corrected chi connectivity index (χ1v) is 8.29. The van der Waals surface area contributed by atoms with Gasteiger partial charge in [-0.05, 0) is 41.4 Å². The zero-order valence-corrected chi connectivity index (χ0v) is 12.2. The topological polar surface area (TPSA) is 80.4 Å². The van der Waals surface area contributed by atoms with Gasteiger partial charge >= 0.3 is 0 Å². The summed E-state index contributed by atoms with van der Waals surface area (Å²) in [7, 11) is -3.50. The van der Waals surface area contributed by atoms with E-state index in [0.29, 0.717) is 11.5 Å². The summed E-state index contributed by atoms with van der Waals surface area (Å²) in [4.78, 5) is 0. The van der Waals surface area contributed by atoms with Gasteiger partial charge in [-0.15, -0.1) is 0 Å². The molecule has 1 aromatic carbocycles. The minimum atomic E-state index is -3.50. The molecular weight excluding hydrogens is 262 g/mol. The van der Waals surface area contributed by atoms with Gasteiger partial charge in [0.2, 0.25) is 10.0 Å². The molecule has 0 radical (unpaired) electrons. The normalized spacial score (nSPS) is 23.4. The molecular formula is C14H21NO3S. The average molecular weight is 283 g/mol. The molecule has 19 heavy (non-hydrogen) atoms. The molecule has 0 bridgehead atoms. The van der Waals surface area contributed by atoms with Crippen LogP contribution in [0.1, 0.15) is 43.1 Å². The van der Waals surface area contributed by atoms with Crippen LogP contribution in [0, 0.1) is 11.8 Å². The van der Waals surface area contributed by atoms with E-state index >= 15 is 0 Å². The second kappa shape index (κ2) is 5.23. The summed E-state index contributed by atoms with van der Waals surface area (Å²) in [5.41, 5.74) is 2.67. The Hall–Kier alpha value is -0.910. The van der Waals surface area contributed by atoms with Crippen molar-refractivity contribution in [3.05, 3.63) is 34.9 Å². The van der Waals surface area contributed by atoms with Gasteiger partial charge in [0.05, 0.1) is 11.9 Å². The number of hydrogen-bond donors (Lipinski definition) is 2. The van der Waals surface area contributed by atoms with Crippen molar-refractivity contribution >= 4 is 10.0 Å². The Bertz CT molecular complexity index is 566. The third-order valence-corrected chi connectivity index (χ3v) is 4.64. The average Bonchev–Trinajstić information content (AvgIpc) is 2.26. The van der Waals surface area contributed by atoms with Crippen LogP contribution in [0.25, 0.3) is 0 Å². The number of hydrogen-bond acceptors (Lipinski definition) is 3. The van der Waals surface area contributed by atoms with E-state index in [0.717, 1.165) is 24.0 Å². The van der Waals surface area contributed by atoms with Crippen LogP contribution in [0.2, 0.25) is 0 Å². The van der Waals surface area contributed by atoms with Gasteiger partial charge in [0.25, 0.3) is 0 Å². The lowest BCUT2D eigenvalue weighted by Crippen LogP contribution is -2.25. The third kappa shape index (κ3) is 3.35. The molecule has 1 aromatic rings. The number of nitrogens with two attached hydrogens (primary N) is 1. The van der Waals surface area contributed by atoms with Crippen molar-refractivity contribution in [3.8, 4) is 0 Å². The van der Waals surface area contributed by atoms with Gasteiger partial charge in [0.1, 0.15) is 0 Å². The quantitative estimate of drug-likeness (QED) is 0.886. The van der Waals surface area contributed by atoms with Crippen molar-refractivity contribution in [1.29, 1.82) is 0 Å². The Morgan fingerprint density at radius 1 is 1.42 bits per heavy atom. The Morgan fingerprint density at radius 2 is 2.11 bits per heavy atom. The van der Waals surface area contributed by atoms with Crippen LogP contribution >= 0.6 is 0 Å². The summed E-state index contributed by atoms with van der Waals surface area (Å²) in [6.45, 7) is 4.24. The number of aryl methyl sites for hydroxylation is 1. The minimum absolute atomic E-state index is 0.149. The molecule has 0 aliphatic heterocycles. The second-order valence-electron chi connectivity index (χ2n) is 5.73. The SMILES string of the molecule is CC(C)C1CCc2cc(CS(N)(=O)=O)ccc2C1O. The summed E-state index contributed by atoms with van der Waals surface area (Å²) in [6, 6.07) is 5.45. The fourth-order valence-corrected chi connectivity index (χ4v) is 3.54. The Morgan fingerprint density at radius 3 is 2.68 bits per heavy atom. The molecule has 3 N–H and O–H groups in total. The molecule has 0 fully saturated rings. The Labute approximate surface area is 114 Å². The first kappa shape index (κ1) is 14.5. The van der Waals surface area contributed by atoms with E-state index < -0.39 is 16.1 Å². The molecule has 106 valence electrons. The molecule has 0 saturated carbocycles. The largest absolute Gasteiger partial charge is 0.388 e. The van der Waals surface area contributed by atoms with Crippen molar-refractivity contribution in [3.63, 3.8) is 0 Å². The van der Waals surface area contributed by atoms with Crippen molar-refractivity contribution < 1.29 is 13.5 Å².